The van der Waals surface area contributed by atoms with Crippen LogP contribution < -0.4 is 10.4 Å². The zero-order valence-electron chi connectivity index (χ0n) is 27.2. The van der Waals surface area contributed by atoms with Crippen molar-refractivity contribution in [2.24, 2.45) is 0 Å². The van der Waals surface area contributed by atoms with Gasteiger partial charge >= 0.3 is 0 Å². The molecule has 0 aliphatic carbocycles. The molecule has 1 heterocycles. The van der Waals surface area contributed by atoms with Crippen LogP contribution in [0.2, 0.25) is 5.04 Å². The van der Waals surface area contributed by atoms with Crippen molar-refractivity contribution in [3.8, 4) is 0 Å². The predicted octanol–water partition coefficient (Wildman–Crippen LogP) is 8.05. The van der Waals surface area contributed by atoms with Crippen molar-refractivity contribution in [3.05, 3.63) is 168 Å². The highest BCUT2D eigenvalue weighted by molar-refractivity contribution is 6.99. The maximum absolute atomic E-state index is 7.61. The molecule has 0 amide bonds. The minimum Gasteiger partial charge on any atom is -0.404 e. The summed E-state index contributed by atoms with van der Waals surface area (Å²) in [5.41, 5.74) is 2.16. The summed E-state index contributed by atoms with van der Waals surface area (Å²) in [5.74, 6) is 0. The van der Waals surface area contributed by atoms with Crippen LogP contribution in [0.5, 0.6) is 0 Å². The fourth-order valence-electron chi connectivity index (χ4n) is 6.99. The third-order valence-electron chi connectivity index (χ3n) is 9.09. The van der Waals surface area contributed by atoms with Crippen LogP contribution in [0.15, 0.2) is 152 Å². The monoisotopic (exact) mass is 628 g/mol. The van der Waals surface area contributed by atoms with E-state index in [0.29, 0.717) is 12.8 Å². The molecule has 0 saturated carbocycles. The molecule has 0 bridgehead atoms. The first-order valence-electron chi connectivity index (χ1n) is 16.2. The van der Waals surface area contributed by atoms with Crippen molar-refractivity contribution < 1.29 is 18.6 Å². The molecule has 1 aliphatic heterocycles. The van der Waals surface area contributed by atoms with Crippen molar-refractivity contribution in [1.29, 1.82) is 0 Å². The standard InChI is InChI=1S/C41H44O4Si/c1-40(2,3)46(36-26-16-8-17-27-36,37-28-18-9-19-29-37)45-35-30-38(42-4)43-39(31-35)44-41(32-20-10-5-11-21-32,33-22-12-6-13-23-33)34-24-14-7-15-25-34/h5-29,35,38-39H,30-31H2,1-4H3/t35-,38-,39-/m0/s1. The van der Waals surface area contributed by atoms with E-state index in [2.05, 4.69) is 154 Å². The zero-order chi connectivity index (χ0) is 32.0. The first kappa shape index (κ1) is 32.1. The van der Waals surface area contributed by atoms with Gasteiger partial charge in [-0.15, -0.1) is 0 Å². The Morgan fingerprint density at radius 2 is 0.913 bits per heavy atom. The average molecular weight is 629 g/mol. The summed E-state index contributed by atoms with van der Waals surface area (Å²) < 4.78 is 27.5. The molecule has 5 heteroatoms. The number of hydrogen-bond acceptors (Lipinski definition) is 4. The molecule has 3 atom stereocenters. The van der Waals surface area contributed by atoms with Gasteiger partial charge in [-0.05, 0) is 32.1 Å². The minimum absolute atomic E-state index is 0.158. The topological polar surface area (TPSA) is 36.9 Å². The Kier molecular flexibility index (Phi) is 9.69. The second kappa shape index (κ2) is 13.9. The van der Waals surface area contributed by atoms with E-state index in [0.717, 1.165) is 16.7 Å². The van der Waals surface area contributed by atoms with Gasteiger partial charge in [0.15, 0.2) is 12.6 Å². The largest absolute Gasteiger partial charge is 0.404 e. The average Bonchev–Trinajstić information content (AvgIpc) is 3.11. The molecule has 0 N–H and O–H groups in total. The molecule has 0 radical (unpaired) electrons. The van der Waals surface area contributed by atoms with Crippen LogP contribution >= 0.6 is 0 Å². The van der Waals surface area contributed by atoms with Crippen LogP contribution in [0.1, 0.15) is 50.3 Å². The SMILES string of the molecule is CO[C@@H]1C[C@H](O[Si](c2ccccc2)(c2ccccc2)C(C)(C)C)C[C@H](OC(c2ccccc2)(c2ccccc2)c2ccccc2)O1. The normalized spacial score (nSPS) is 19.1. The molecule has 5 aromatic carbocycles. The summed E-state index contributed by atoms with van der Waals surface area (Å²) >= 11 is 0. The zero-order valence-corrected chi connectivity index (χ0v) is 28.2. The molecule has 0 spiro atoms. The quantitative estimate of drug-likeness (QED) is 0.116. The number of benzene rings is 5. The highest BCUT2D eigenvalue weighted by Crippen LogP contribution is 2.44. The molecule has 5 aromatic rings. The van der Waals surface area contributed by atoms with Crippen LogP contribution in [0.4, 0.5) is 0 Å². The van der Waals surface area contributed by atoms with Gasteiger partial charge in [-0.2, -0.15) is 0 Å². The summed E-state index contributed by atoms with van der Waals surface area (Å²) in [6, 6.07) is 52.9. The second-order valence-corrected chi connectivity index (χ2v) is 17.3. The number of methoxy groups -OCH3 is 1. The minimum atomic E-state index is -2.83. The van der Waals surface area contributed by atoms with E-state index in [9.17, 15) is 0 Å². The van der Waals surface area contributed by atoms with Crippen molar-refractivity contribution in [2.45, 2.75) is 62.9 Å². The maximum Gasteiger partial charge on any atom is 0.261 e. The van der Waals surface area contributed by atoms with Crippen LogP contribution in [-0.2, 0) is 24.2 Å². The van der Waals surface area contributed by atoms with E-state index >= 15 is 0 Å². The Bertz CT molecular complexity index is 1500. The van der Waals surface area contributed by atoms with E-state index in [-0.39, 0.29) is 11.1 Å². The lowest BCUT2D eigenvalue weighted by Crippen LogP contribution is -2.68. The summed E-state index contributed by atoms with van der Waals surface area (Å²) in [7, 11) is -1.13. The van der Waals surface area contributed by atoms with Gasteiger partial charge in [-0.3, -0.25) is 0 Å². The van der Waals surface area contributed by atoms with Crippen LogP contribution in [0.25, 0.3) is 0 Å². The first-order valence-corrected chi connectivity index (χ1v) is 18.1. The highest BCUT2D eigenvalue weighted by atomic mass is 28.4. The lowest BCUT2D eigenvalue weighted by atomic mass is 9.80. The van der Waals surface area contributed by atoms with Crippen molar-refractivity contribution in [2.75, 3.05) is 7.11 Å². The van der Waals surface area contributed by atoms with Gasteiger partial charge in [0.25, 0.3) is 8.32 Å². The Labute approximate surface area is 275 Å². The summed E-state index contributed by atoms with van der Waals surface area (Å²) in [5, 5.41) is 2.34. The molecule has 236 valence electrons. The van der Waals surface area contributed by atoms with Crippen molar-refractivity contribution in [1.82, 2.24) is 0 Å². The van der Waals surface area contributed by atoms with E-state index in [1.807, 2.05) is 18.2 Å². The molecule has 4 nitrogen and oxygen atoms in total. The lowest BCUT2D eigenvalue weighted by molar-refractivity contribution is -0.295. The lowest BCUT2D eigenvalue weighted by Gasteiger charge is -2.48. The van der Waals surface area contributed by atoms with Gasteiger partial charge in [0.05, 0.1) is 6.10 Å². The predicted molar refractivity (Wildman–Crippen MR) is 188 cm³/mol. The Balaban J connectivity index is 1.44. The smallest absolute Gasteiger partial charge is 0.261 e. The number of ether oxygens (including phenoxy) is 3. The molecule has 1 aliphatic rings. The fourth-order valence-corrected chi connectivity index (χ4v) is 11.7. The molecular formula is C41H44O4Si. The second-order valence-electron chi connectivity index (χ2n) is 13.0. The third kappa shape index (κ3) is 6.26. The fraction of sp³-hybridized carbons (Fsp3) is 0.268. The molecule has 46 heavy (non-hydrogen) atoms. The summed E-state index contributed by atoms with van der Waals surface area (Å²) in [4.78, 5) is 0. The van der Waals surface area contributed by atoms with E-state index < -0.39 is 26.5 Å². The summed E-state index contributed by atoms with van der Waals surface area (Å²) in [6.45, 7) is 6.93. The number of hydrogen-bond donors (Lipinski definition) is 0. The Morgan fingerprint density at radius 3 is 1.28 bits per heavy atom. The molecule has 1 saturated heterocycles. The van der Waals surface area contributed by atoms with Crippen LogP contribution in [0.3, 0.4) is 0 Å². The Morgan fingerprint density at radius 1 is 0.543 bits per heavy atom. The van der Waals surface area contributed by atoms with E-state index in [1.54, 1.807) is 7.11 Å². The molecular weight excluding hydrogens is 585 g/mol. The van der Waals surface area contributed by atoms with E-state index in [4.69, 9.17) is 18.6 Å². The van der Waals surface area contributed by atoms with E-state index in [1.165, 1.54) is 10.4 Å². The van der Waals surface area contributed by atoms with Crippen molar-refractivity contribution in [3.63, 3.8) is 0 Å². The highest BCUT2D eigenvalue weighted by Gasteiger charge is 2.53. The molecule has 1 fully saturated rings. The van der Waals surface area contributed by atoms with Crippen molar-refractivity contribution >= 4 is 18.7 Å². The molecule has 6 rings (SSSR count). The first-order chi connectivity index (χ1) is 22.4. The van der Waals surface area contributed by atoms with Gasteiger partial charge in [-0.1, -0.05) is 172 Å². The number of rotatable bonds is 10. The van der Waals surface area contributed by atoms with Gasteiger partial charge < -0.3 is 18.6 Å². The maximum atomic E-state index is 7.61. The summed E-state index contributed by atoms with van der Waals surface area (Å²) in [6.07, 6.45) is -0.103. The molecule has 0 unspecified atom stereocenters. The Hall–Kier alpha value is -3.84. The van der Waals surface area contributed by atoms with Crippen LogP contribution in [0, 0.1) is 0 Å². The van der Waals surface area contributed by atoms with Gasteiger partial charge in [0.1, 0.15) is 5.60 Å². The third-order valence-corrected chi connectivity index (χ3v) is 14.2. The van der Waals surface area contributed by atoms with Gasteiger partial charge in [0.2, 0.25) is 0 Å². The molecule has 0 aromatic heterocycles. The van der Waals surface area contributed by atoms with Crippen LogP contribution in [-0.4, -0.2) is 34.1 Å². The van der Waals surface area contributed by atoms with Gasteiger partial charge in [0, 0.05) is 20.0 Å². The van der Waals surface area contributed by atoms with Gasteiger partial charge in [-0.25, -0.2) is 0 Å².